The quantitative estimate of drug-likeness (QED) is 0.700. The van der Waals surface area contributed by atoms with E-state index in [1.165, 1.54) is 0 Å². The molecule has 158 valence electrons. The van der Waals surface area contributed by atoms with Crippen LogP contribution in [0.25, 0.3) is 0 Å². The highest BCUT2D eigenvalue weighted by Gasteiger charge is 2.51. The standard InChI is InChI=1S/C22H30N2O5/c1-12-16-11-22(3)13(2)19(29-21(28)24-7-5-15(25)6-8-24)18(26)10-14(22)9-17(16)23(4)20(12)27/h9-10,13,15,18-19,25-26H,5-8,11H2,1-4H3/t13-,18+,19+,22+/m0/s1. The Balaban J connectivity index is 1.59. The fourth-order valence-corrected chi connectivity index (χ4v) is 5.08. The Morgan fingerprint density at radius 1 is 1.28 bits per heavy atom. The van der Waals surface area contributed by atoms with Crippen LogP contribution in [0.15, 0.2) is 34.6 Å². The van der Waals surface area contributed by atoms with Gasteiger partial charge in [0, 0.05) is 42.7 Å². The van der Waals surface area contributed by atoms with Gasteiger partial charge in [0.2, 0.25) is 0 Å². The van der Waals surface area contributed by atoms with E-state index in [4.69, 9.17) is 4.74 Å². The summed E-state index contributed by atoms with van der Waals surface area (Å²) in [4.78, 5) is 28.3. The van der Waals surface area contributed by atoms with Crippen molar-refractivity contribution in [2.75, 3.05) is 20.1 Å². The van der Waals surface area contributed by atoms with Crippen molar-refractivity contribution in [2.45, 2.75) is 58.3 Å². The Hall–Kier alpha value is -2.12. The summed E-state index contributed by atoms with van der Waals surface area (Å²) in [5.74, 6) is -0.117. The molecule has 4 aliphatic rings. The summed E-state index contributed by atoms with van der Waals surface area (Å²) in [5, 5.41) is 20.4. The van der Waals surface area contributed by atoms with E-state index < -0.39 is 18.3 Å². The van der Waals surface area contributed by atoms with E-state index >= 15 is 0 Å². The predicted molar refractivity (Wildman–Crippen MR) is 107 cm³/mol. The molecule has 0 saturated carbocycles. The van der Waals surface area contributed by atoms with E-state index in [1.54, 1.807) is 22.9 Å². The van der Waals surface area contributed by atoms with Crippen LogP contribution in [-0.2, 0) is 9.53 Å². The van der Waals surface area contributed by atoms with Gasteiger partial charge in [-0.3, -0.25) is 4.79 Å². The number of likely N-dealkylation sites (tertiary alicyclic amines) is 1. The molecule has 2 amide bonds. The first-order valence-corrected chi connectivity index (χ1v) is 10.4. The second kappa shape index (κ2) is 6.99. The van der Waals surface area contributed by atoms with Crippen molar-refractivity contribution < 1.29 is 24.5 Å². The number of carbonyl (C=O) groups excluding carboxylic acids is 2. The van der Waals surface area contributed by atoms with E-state index in [0.29, 0.717) is 32.4 Å². The number of likely N-dealkylation sites (N-methyl/N-ethyl adjacent to an activating group) is 1. The number of allylic oxidation sites excluding steroid dienone is 3. The Bertz CT molecular complexity index is 836. The first-order valence-electron chi connectivity index (χ1n) is 10.4. The van der Waals surface area contributed by atoms with Crippen molar-refractivity contribution in [2.24, 2.45) is 11.3 Å². The normalized spacial score (nSPS) is 35.2. The Morgan fingerprint density at radius 3 is 2.59 bits per heavy atom. The molecule has 4 atom stereocenters. The smallest absolute Gasteiger partial charge is 0.410 e. The van der Waals surface area contributed by atoms with Gasteiger partial charge < -0.3 is 24.7 Å². The largest absolute Gasteiger partial charge is 0.443 e. The number of aliphatic hydroxyl groups is 2. The van der Waals surface area contributed by atoms with Gasteiger partial charge in [0.15, 0.2) is 0 Å². The fourth-order valence-electron chi connectivity index (χ4n) is 5.08. The molecule has 1 fully saturated rings. The molecule has 0 bridgehead atoms. The second-order valence-electron chi connectivity index (χ2n) is 9.06. The second-order valence-corrected chi connectivity index (χ2v) is 9.06. The first-order chi connectivity index (χ1) is 13.6. The van der Waals surface area contributed by atoms with Crippen LogP contribution in [0.5, 0.6) is 0 Å². The van der Waals surface area contributed by atoms with Gasteiger partial charge in [-0.1, -0.05) is 13.8 Å². The molecule has 0 unspecified atom stereocenters. The molecule has 7 heteroatoms. The maximum Gasteiger partial charge on any atom is 0.410 e. The van der Waals surface area contributed by atoms with Crippen molar-refractivity contribution in [3.63, 3.8) is 0 Å². The minimum absolute atomic E-state index is 0.0116. The highest BCUT2D eigenvalue weighted by molar-refractivity contribution is 6.00. The molecule has 0 radical (unpaired) electrons. The predicted octanol–water partition coefficient (Wildman–Crippen LogP) is 1.97. The lowest BCUT2D eigenvalue weighted by Crippen LogP contribution is -2.51. The third-order valence-electron chi connectivity index (χ3n) is 7.39. The van der Waals surface area contributed by atoms with Crippen molar-refractivity contribution in [3.05, 3.63) is 34.6 Å². The molecule has 2 aliphatic carbocycles. The Labute approximate surface area is 171 Å². The minimum atomic E-state index is -0.904. The summed E-state index contributed by atoms with van der Waals surface area (Å²) in [6, 6.07) is 0. The average molecular weight is 402 g/mol. The van der Waals surface area contributed by atoms with E-state index in [0.717, 1.165) is 22.4 Å². The fraction of sp³-hybridized carbons (Fsp3) is 0.636. The Kier molecular flexibility index (Phi) is 4.86. The molecule has 4 rings (SSSR count). The van der Waals surface area contributed by atoms with Gasteiger partial charge in [0.25, 0.3) is 5.91 Å². The number of aliphatic hydroxyl groups excluding tert-OH is 2. The minimum Gasteiger partial charge on any atom is -0.443 e. The summed E-state index contributed by atoms with van der Waals surface area (Å²) in [6.07, 6.45) is 3.16. The van der Waals surface area contributed by atoms with Crippen LogP contribution >= 0.6 is 0 Å². The molecular weight excluding hydrogens is 372 g/mol. The van der Waals surface area contributed by atoms with Crippen LogP contribution in [0.3, 0.4) is 0 Å². The number of fused-ring (bicyclic) bond motifs is 2. The summed E-state index contributed by atoms with van der Waals surface area (Å²) in [5.41, 5.74) is 3.35. The van der Waals surface area contributed by atoms with Gasteiger partial charge in [0.1, 0.15) is 12.2 Å². The molecule has 29 heavy (non-hydrogen) atoms. The van der Waals surface area contributed by atoms with Gasteiger partial charge in [0.05, 0.1) is 6.10 Å². The van der Waals surface area contributed by atoms with Crippen LogP contribution in [0.1, 0.15) is 40.0 Å². The lowest BCUT2D eigenvalue weighted by Gasteiger charge is -2.48. The monoisotopic (exact) mass is 402 g/mol. The third-order valence-corrected chi connectivity index (χ3v) is 7.39. The van der Waals surface area contributed by atoms with Gasteiger partial charge in [-0.05, 0) is 49.5 Å². The van der Waals surface area contributed by atoms with Crippen LogP contribution in [0, 0.1) is 11.3 Å². The van der Waals surface area contributed by atoms with Gasteiger partial charge >= 0.3 is 6.09 Å². The number of nitrogens with zero attached hydrogens (tertiary/aromatic N) is 2. The highest BCUT2D eigenvalue weighted by atomic mass is 16.6. The number of amides is 2. The molecule has 0 aromatic heterocycles. The lowest BCUT2D eigenvalue weighted by atomic mass is 9.59. The zero-order chi connectivity index (χ0) is 21.1. The first kappa shape index (κ1) is 20.2. The highest BCUT2D eigenvalue weighted by Crippen LogP contribution is 2.54. The number of rotatable bonds is 1. The lowest BCUT2D eigenvalue weighted by molar-refractivity contribution is -0.123. The molecule has 0 aromatic carbocycles. The zero-order valence-electron chi connectivity index (χ0n) is 17.5. The van der Waals surface area contributed by atoms with E-state index in [1.807, 2.05) is 19.9 Å². The molecule has 2 aliphatic heterocycles. The third kappa shape index (κ3) is 3.11. The van der Waals surface area contributed by atoms with E-state index in [-0.39, 0.29) is 23.3 Å². The molecule has 0 aromatic rings. The van der Waals surface area contributed by atoms with Crippen molar-refractivity contribution >= 4 is 12.0 Å². The number of hydrogen-bond donors (Lipinski definition) is 2. The van der Waals surface area contributed by atoms with Gasteiger partial charge in [-0.15, -0.1) is 0 Å². The number of piperidine rings is 1. The average Bonchev–Trinajstić information content (AvgIpc) is 2.89. The molecule has 1 saturated heterocycles. The number of hydrogen-bond acceptors (Lipinski definition) is 5. The number of ether oxygens (including phenoxy) is 1. The maximum atomic E-state index is 12.7. The molecule has 7 nitrogen and oxygen atoms in total. The van der Waals surface area contributed by atoms with E-state index in [9.17, 15) is 19.8 Å². The summed E-state index contributed by atoms with van der Waals surface area (Å²) < 4.78 is 5.78. The topological polar surface area (TPSA) is 90.3 Å². The SMILES string of the molecule is CC1=C2C[C@@]3(C)C(=C[C@@H](O)[C@H](OC(=O)N4CCC(O)CC4)[C@@H]3C)C=C2N(C)C1=O. The zero-order valence-corrected chi connectivity index (χ0v) is 17.5. The molecular formula is C22H30N2O5. The van der Waals surface area contributed by atoms with Crippen LogP contribution < -0.4 is 0 Å². The summed E-state index contributed by atoms with van der Waals surface area (Å²) in [7, 11) is 1.77. The van der Waals surface area contributed by atoms with E-state index in [2.05, 4.69) is 6.92 Å². The van der Waals surface area contributed by atoms with Crippen LogP contribution in [0.4, 0.5) is 4.79 Å². The van der Waals surface area contributed by atoms with Gasteiger partial charge in [-0.25, -0.2) is 4.79 Å². The molecule has 2 N–H and O–H groups in total. The van der Waals surface area contributed by atoms with Crippen molar-refractivity contribution in [3.8, 4) is 0 Å². The van der Waals surface area contributed by atoms with Crippen LogP contribution in [0.2, 0.25) is 0 Å². The Morgan fingerprint density at radius 2 is 1.93 bits per heavy atom. The maximum absolute atomic E-state index is 12.7. The van der Waals surface area contributed by atoms with Gasteiger partial charge in [-0.2, -0.15) is 0 Å². The van der Waals surface area contributed by atoms with Crippen molar-refractivity contribution in [1.82, 2.24) is 9.80 Å². The van der Waals surface area contributed by atoms with Crippen LogP contribution in [-0.4, -0.2) is 70.5 Å². The van der Waals surface area contributed by atoms with Crippen molar-refractivity contribution in [1.29, 1.82) is 0 Å². The summed E-state index contributed by atoms with van der Waals surface area (Å²) >= 11 is 0. The summed E-state index contributed by atoms with van der Waals surface area (Å²) in [6.45, 7) is 6.90. The molecule has 2 heterocycles. The molecule has 0 spiro atoms. The number of carbonyl (C=O) groups is 2.